The van der Waals surface area contributed by atoms with Gasteiger partial charge in [0.1, 0.15) is 5.75 Å². The third-order valence-corrected chi connectivity index (χ3v) is 5.50. The van der Waals surface area contributed by atoms with Crippen LogP contribution in [0.3, 0.4) is 0 Å². The van der Waals surface area contributed by atoms with Gasteiger partial charge in [-0.05, 0) is 68.7 Å². The number of anilines is 1. The number of nitrogens with one attached hydrogen (secondary N) is 1. The van der Waals surface area contributed by atoms with Crippen molar-refractivity contribution in [3.8, 4) is 5.75 Å². The number of amides is 1. The molecule has 0 bridgehead atoms. The van der Waals surface area contributed by atoms with Crippen molar-refractivity contribution in [3.63, 3.8) is 0 Å². The van der Waals surface area contributed by atoms with Gasteiger partial charge in [-0.1, -0.05) is 67.5 Å². The number of carbonyl (C=O) groups is 1. The topological polar surface area (TPSA) is 38.3 Å². The molecule has 2 rings (SSSR count). The predicted octanol–water partition coefficient (Wildman–Crippen LogP) is 7.17. The number of allylic oxidation sites excluding steroid dienone is 9. The smallest absolute Gasteiger partial charge is 0.248 e. The molecule has 1 aromatic carbocycles. The van der Waals surface area contributed by atoms with E-state index in [4.69, 9.17) is 4.74 Å². The molecule has 0 saturated carbocycles. The lowest BCUT2D eigenvalue weighted by Gasteiger charge is -2.32. The molecule has 0 atom stereocenters. The maximum absolute atomic E-state index is 12.2. The molecule has 3 heteroatoms. The lowest BCUT2D eigenvalue weighted by Crippen LogP contribution is -2.19. The van der Waals surface area contributed by atoms with Gasteiger partial charge in [0.05, 0.1) is 12.8 Å². The van der Waals surface area contributed by atoms with E-state index in [0.29, 0.717) is 11.4 Å². The molecule has 3 nitrogen and oxygen atoms in total. The summed E-state index contributed by atoms with van der Waals surface area (Å²) in [5.41, 5.74) is 5.94. The number of hydrogen-bond acceptors (Lipinski definition) is 2. The maximum atomic E-state index is 12.2. The van der Waals surface area contributed by atoms with E-state index in [0.717, 1.165) is 5.57 Å². The number of hydrogen-bond donors (Lipinski definition) is 1. The molecule has 0 fully saturated rings. The Morgan fingerprint density at radius 2 is 1.87 bits per heavy atom. The van der Waals surface area contributed by atoms with Gasteiger partial charge in [0, 0.05) is 6.08 Å². The number of carbonyl (C=O) groups excluding carboxylic acids is 1. The fourth-order valence-electron chi connectivity index (χ4n) is 3.80. The maximum Gasteiger partial charge on any atom is 0.248 e. The van der Waals surface area contributed by atoms with Gasteiger partial charge in [0.2, 0.25) is 5.91 Å². The van der Waals surface area contributed by atoms with Crippen LogP contribution in [-0.2, 0) is 4.79 Å². The molecule has 0 radical (unpaired) electrons. The molecule has 1 N–H and O–H groups in total. The van der Waals surface area contributed by atoms with Crippen LogP contribution in [0.25, 0.3) is 0 Å². The Hall–Kier alpha value is -2.81. The molecule has 1 aliphatic rings. The van der Waals surface area contributed by atoms with E-state index in [1.54, 1.807) is 13.2 Å². The van der Waals surface area contributed by atoms with E-state index in [-0.39, 0.29) is 11.3 Å². The van der Waals surface area contributed by atoms with Crippen LogP contribution in [-0.4, -0.2) is 13.0 Å². The summed E-state index contributed by atoms with van der Waals surface area (Å²) in [6.45, 7) is 10.9. The van der Waals surface area contributed by atoms with E-state index in [1.807, 2.05) is 43.3 Å². The van der Waals surface area contributed by atoms with Crippen LogP contribution in [0, 0.1) is 5.41 Å². The van der Waals surface area contributed by atoms with Crippen molar-refractivity contribution in [1.29, 1.82) is 0 Å². The Balaban J connectivity index is 1.99. The SMILES string of the molecule is COc1ccccc1NC(=O)C=C(C)C=CC=C(C)C=CC1=C(C)CCCC1(C)C. The second-order valence-corrected chi connectivity index (χ2v) is 8.61. The Labute approximate surface area is 181 Å². The summed E-state index contributed by atoms with van der Waals surface area (Å²) in [7, 11) is 1.59. The van der Waals surface area contributed by atoms with E-state index >= 15 is 0 Å². The Morgan fingerprint density at radius 3 is 2.57 bits per heavy atom. The van der Waals surface area contributed by atoms with Crippen molar-refractivity contribution in [1.82, 2.24) is 0 Å². The highest BCUT2D eigenvalue weighted by molar-refractivity contribution is 6.00. The van der Waals surface area contributed by atoms with Gasteiger partial charge < -0.3 is 10.1 Å². The molecule has 1 aliphatic carbocycles. The summed E-state index contributed by atoms with van der Waals surface area (Å²) in [5.74, 6) is 0.466. The van der Waals surface area contributed by atoms with Crippen molar-refractivity contribution < 1.29 is 9.53 Å². The number of methoxy groups -OCH3 is 1. The van der Waals surface area contributed by atoms with Crippen LogP contribution in [0.5, 0.6) is 5.75 Å². The van der Waals surface area contributed by atoms with Gasteiger partial charge in [-0.2, -0.15) is 0 Å². The molecule has 160 valence electrons. The first kappa shape index (κ1) is 23.5. The highest BCUT2D eigenvalue weighted by Crippen LogP contribution is 2.40. The molecule has 0 aliphatic heterocycles. The minimum absolute atomic E-state index is 0.177. The number of para-hydroxylation sites is 2. The normalized spacial score (nSPS) is 17.7. The Bertz CT molecular complexity index is 911. The Kier molecular flexibility index (Phi) is 8.46. The van der Waals surface area contributed by atoms with E-state index < -0.39 is 0 Å². The number of rotatable bonds is 7. The molecule has 0 aromatic heterocycles. The number of ether oxygens (including phenoxy) is 1. The molecule has 0 spiro atoms. The molecule has 0 heterocycles. The fraction of sp³-hybridized carbons (Fsp3) is 0.370. The van der Waals surface area contributed by atoms with Crippen molar-refractivity contribution in [3.05, 3.63) is 83.0 Å². The van der Waals surface area contributed by atoms with Crippen molar-refractivity contribution in [2.45, 2.75) is 53.9 Å². The zero-order valence-electron chi connectivity index (χ0n) is 19.2. The van der Waals surface area contributed by atoms with E-state index in [2.05, 4.69) is 51.2 Å². The van der Waals surface area contributed by atoms with Crippen LogP contribution >= 0.6 is 0 Å². The molecule has 1 aromatic rings. The Morgan fingerprint density at radius 1 is 1.13 bits per heavy atom. The summed E-state index contributed by atoms with van der Waals surface area (Å²) in [6, 6.07) is 7.37. The van der Waals surface area contributed by atoms with Gasteiger partial charge >= 0.3 is 0 Å². The minimum Gasteiger partial charge on any atom is -0.495 e. The number of benzene rings is 1. The quantitative estimate of drug-likeness (QED) is 0.386. The van der Waals surface area contributed by atoms with Crippen molar-refractivity contribution in [2.75, 3.05) is 12.4 Å². The second kappa shape index (κ2) is 10.8. The largest absolute Gasteiger partial charge is 0.495 e. The lowest BCUT2D eigenvalue weighted by molar-refractivity contribution is -0.111. The first-order valence-corrected chi connectivity index (χ1v) is 10.6. The zero-order valence-corrected chi connectivity index (χ0v) is 19.2. The highest BCUT2D eigenvalue weighted by atomic mass is 16.5. The molecule has 1 amide bonds. The average Bonchev–Trinajstić information content (AvgIpc) is 2.67. The second-order valence-electron chi connectivity index (χ2n) is 8.61. The van der Waals surface area contributed by atoms with Crippen LogP contribution in [0.15, 0.2) is 83.0 Å². The van der Waals surface area contributed by atoms with E-state index in [9.17, 15) is 4.79 Å². The van der Waals surface area contributed by atoms with Crippen molar-refractivity contribution >= 4 is 11.6 Å². The van der Waals surface area contributed by atoms with Crippen LogP contribution in [0.2, 0.25) is 0 Å². The molecule has 0 saturated heterocycles. The minimum atomic E-state index is -0.177. The third-order valence-electron chi connectivity index (χ3n) is 5.50. The molecule has 0 unspecified atom stereocenters. The first-order chi connectivity index (χ1) is 14.2. The predicted molar refractivity (Wildman–Crippen MR) is 128 cm³/mol. The average molecular weight is 406 g/mol. The molecule has 30 heavy (non-hydrogen) atoms. The first-order valence-electron chi connectivity index (χ1n) is 10.6. The summed E-state index contributed by atoms with van der Waals surface area (Å²) < 4.78 is 5.26. The van der Waals surface area contributed by atoms with Crippen molar-refractivity contribution in [2.24, 2.45) is 5.41 Å². The zero-order chi connectivity index (χ0) is 22.1. The third kappa shape index (κ3) is 6.91. The van der Waals surface area contributed by atoms with Gasteiger partial charge in [-0.25, -0.2) is 0 Å². The monoisotopic (exact) mass is 405 g/mol. The van der Waals surface area contributed by atoms with Gasteiger partial charge in [0.15, 0.2) is 0 Å². The summed E-state index contributed by atoms with van der Waals surface area (Å²) in [4.78, 5) is 12.2. The molecular weight excluding hydrogens is 370 g/mol. The fourth-order valence-corrected chi connectivity index (χ4v) is 3.80. The van der Waals surface area contributed by atoms with Crippen LogP contribution in [0.1, 0.15) is 53.9 Å². The standard InChI is InChI=1S/C27H35NO2/c1-20(16-17-23-22(3)13-10-18-27(23,4)5)11-9-12-21(2)19-26(29)28-24-14-7-8-15-25(24)30-6/h7-9,11-12,14-17,19H,10,13,18H2,1-6H3,(H,28,29). The van der Waals surface area contributed by atoms with Gasteiger partial charge in [-0.15, -0.1) is 0 Å². The van der Waals surface area contributed by atoms with E-state index in [1.165, 1.54) is 36.0 Å². The van der Waals surface area contributed by atoms with Crippen LogP contribution < -0.4 is 10.1 Å². The highest BCUT2D eigenvalue weighted by Gasteiger charge is 2.26. The summed E-state index contributed by atoms with van der Waals surface area (Å²) in [6.07, 6.45) is 15.8. The van der Waals surface area contributed by atoms with Gasteiger partial charge in [-0.3, -0.25) is 4.79 Å². The summed E-state index contributed by atoms with van der Waals surface area (Å²) >= 11 is 0. The lowest BCUT2D eigenvalue weighted by atomic mass is 9.72. The molecular formula is C27H35NO2. The van der Waals surface area contributed by atoms with Crippen LogP contribution in [0.4, 0.5) is 5.69 Å². The van der Waals surface area contributed by atoms with Gasteiger partial charge in [0.25, 0.3) is 0 Å². The summed E-state index contributed by atoms with van der Waals surface area (Å²) in [5, 5.41) is 2.85.